The molecule has 0 saturated carbocycles. The highest BCUT2D eigenvalue weighted by Gasteiger charge is 2.21. The fourth-order valence-corrected chi connectivity index (χ4v) is 4.00. The van der Waals surface area contributed by atoms with E-state index in [-0.39, 0.29) is 12.4 Å². The van der Waals surface area contributed by atoms with Crippen molar-refractivity contribution < 1.29 is 13.9 Å². The molecular formula is C21H23BrFNO2S. The van der Waals surface area contributed by atoms with Crippen molar-refractivity contribution in [3.8, 4) is 11.5 Å². The molecule has 6 heteroatoms. The number of likely N-dealkylation sites (tertiary alicyclic amines) is 1. The summed E-state index contributed by atoms with van der Waals surface area (Å²) < 4.78 is 25.9. The van der Waals surface area contributed by atoms with Gasteiger partial charge in [-0.1, -0.05) is 37.3 Å². The maximum Gasteiger partial charge on any atom is 0.175 e. The molecule has 2 aromatic rings. The molecule has 144 valence electrons. The molecular weight excluding hydrogens is 429 g/mol. The summed E-state index contributed by atoms with van der Waals surface area (Å²) in [5.74, 6) is 1.58. The lowest BCUT2D eigenvalue weighted by molar-refractivity contribution is 0.277. The number of hydrogen-bond acceptors (Lipinski definition) is 3. The molecule has 2 aromatic carbocycles. The number of benzene rings is 2. The largest absolute Gasteiger partial charge is 0.493 e. The Bertz CT molecular complexity index is 822. The van der Waals surface area contributed by atoms with Gasteiger partial charge in [-0.25, -0.2) is 4.39 Å². The highest BCUT2D eigenvalue weighted by molar-refractivity contribution is 9.10. The van der Waals surface area contributed by atoms with Crippen molar-refractivity contribution in [2.45, 2.75) is 26.4 Å². The van der Waals surface area contributed by atoms with Crippen LogP contribution in [0.5, 0.6) is 11.5 Å². The normalized spacial score (nSPS) is 14.9. The third-order valence-electron chi connectivity index (χ3n) is 4.88. The number of thiocarbonyl (C=S) groups is 1. The lowest BCUT2D eigenvalue weighted by atomic mass is 9.99. The maximum absolute atomic E-state index is 13.8. The summed E-state index contributed by atoms with van der Waals surface area (Å²) in [5.41, 5.74) is 1.41. The molecule has 0 amide bonds. The predicted molar refractivity (Wildman–Crippen MR) is 113 cm³/mol. The molecule has 0 spiro atoms. The fraction of sp³-hybridized carbons (Fsp3) is 0.381. The highest BCUT2D eigenvalue weighted by Crippen LogP contribution is 2.38. The molecule has 3 nitrogen and oxygen atoms in total. The molecule has 1 saturated heterocycles. The molecule has 0 aromatic heterocycles. The molecule has 1 fully saturated rings. The number of methoxy groups -OCH3 is 1. The van der Waals surface area contributed by atoms with Crippen molar-refractivity contribution in [2.75, 3.05) is 20.2 Å². The zero-order valence-electron chi connectivity index (χ0n) is 15.5. The van der Waals surface area contributed by atoms with Crippen LogP contribution in [-0.4, -0.2) is 30.1 Å². The Morgan fingerprint density at radius 1 is 1.26 bits per heavy atom. The van der Waals surface area contributed by atoms with Crippen molar-refractivity contribution in [3.05, 3.63) is 57.8 Å². The van der Waals surface area contributed by atoms with Crippen LogP contribution >= 0.6 is 28.1 Å². The van der Waals surface area contributed by atoms with E-state index >= 15 is 0 Å². The first-order valence-electron chi connectivity index (χ1n) is 9.02. The van der Waals surface area contributed by atoms with Crippen molar-refractivity contribution in [2.24, 2.45) is 5.92 Å². The van der Waals surface area contributed by atoms with Gasteiger partial charge in [0, 0.05) is 24.2 Å². The van der Waals surface area contributed by atoms with E-state index in [0.29, 0.717) is 17.1 Å². The van der Waals surface area contributed by atoms with Gasteiger partial charge in [-0.2, -0.15) is 0 Å². The fourth-order valence-electron chi connectivity index (χ4n) is 3.14. The van der Waals surface area contributed by atoms with E-state index in [1.807, 2.05) is 12.1 Å². The first kappa shape index (κ1) is 20.1. The SMILES string of the molecule is COc1cc(C(=S)N2CCC(C)CC2)cc(Br)c1OCc1ccccc1F. The number of nitrogens with zero attached hydrogens (tertiary/aromatic N) is 1. The van der Waals surface area contributed by atoms with Gasteiger partial charge >= 0.3 is 0 Å². The zero-order valence-corrected chi connectivity index (χ0v) is 17.9. The van der Waals surface area contributed by atoms with Gasteiger partial charge in [0.15, 0.2) is 11.5 Å². The summed E-state index contributed by atoms with van der Waals surface area (Å²) in [6.45, 7) is 4.36. The molecule has 0 N–H and O–H groups in total. The highest BCUT2D eigenvalue weighted by atomic mass is 79.9. The minimum absolute atomic E-state index is 0.120. The van der Waals surface area contributed by atoms with Gasteiger partial charge in [0.2, 0.25) is 0 Å². The molecule has 0 unspecified atom stereocenters. The molecule has 0 radical (unpaired) electrons. The van der Waals surface area contributed by atoms with Gasteiger partial charge in [-0.3, -0.25) is 0 Å². The van der Waals surface area contributed by atoms with Gasteiger partial charge < -0.3 is 14.4 Å². The number of hydrogen-bond donors (Lipinski definition) is 0. The summed E-state index contributed by atoms with van der Waals surface area (Å²) in [7, 11) is 1.59. The first-order chi connectivity index (χ1) is 13.0. The quantitative estimate of drug-likeness (QED) is 0.552. The minimum Gasteiger partial charge on any atom is -0.493 e. The second-order valence-electron chi connectivity index (χ2n) is 6.84. The van der Waals surface area contributed by atoms with E-state index in [0.717, 1.165) is 46.9 Å². The average molecular weight is 452 g/mol. The minimum atomic E-state index is -0.287. The Labute approximate surface area is 173 Å². The third-order valence-corrected chi connectivity index (χ3v) is 5.96. The molecule has 1 aliphatic rings. The number of halogens is 2. The Hall–Kier alpha value is -1.66. The van der Waals surface area contributed by atoms with Crippen LogP contribution in [0.15, 0.2) is 40.9 Å². The third kappa shape index (κ3) is 4.79. The van der Waals surface area contributed by atoms with Crippen LogP contribution < -0.4 is 9.47 Å². The van der Waals surface area contributed by atoms with Crippen LogP contribution in [0.4, 0.5) is 4.39 Å². The average Bonchev–Trinajstić information content (AvgIpc) is 2.67. The van der Waals surface area contributed by atoms with E-state index in [1.54, 1.807) is 25.3 Å². The van der Waals surface area contributed by atoms with E-state index in [4.69, 9.17) is 21.7 Å². The van der Waals surface area contributed by atoms with Gasteiger partial charge in [0.05, 0.1) is 11.6 Å². The monoisotopic (exact) mass is 451 g/mol. The van der Waals surface area contributed by atoms with E-state index in [2.05, 4.69) is 27.8 Å². The molecule has 3 rings (SSSR count). The summed E-state index contributed by atoms with van der Waals surface area (Å²) in [6.07, 6.45) is 2.31. The van der Waals surface area contributed by atoms with Crippen molar-refractivity contribution in [3.63, 3.8) is 0 Å². The first-order valence-corrected chi connectivity index (χ1v) is 10.2. The summed E-state index contributed by atoms with van der Waals surface area (Å²) >= 11 is 9.26. The molecule has 0 bridgehead atoms. The Kier molecular flexibility index (Phi) is 6.71. The zero-order chi connectivity index (χ0) is 19.4. The summed E-state index contributed by atoms with van der Waals surface area (Å²) in [4.78, 5) is 3.07. The van der Waals surface area contributed by atoms with Crippen LogP contribution in [0, 0.1) is 11.7 Å². The Balaban J connectivity index is 1.78. The number of ether oxygens (including phenoxy) is 2. The maximum atomic E-state index is 13.8. The molecule has 0 aliphatic carbocycles. The van der Waals surface area contributed by atoms with Crippen LogP contribution in [0.2, 0.25) is 0 Å². The van der Waals surface area contributed by atoms with Crippen molar-refractivity contribution >= 4 is 33.1 Å². The predicted octanol–water partition coefficient (Wildman–Crippen LogP) is 5.58. The molecule has 1 aliphatic heterocycles. The van der Waals surface area contributed by atoms with Crippen molar-refractivity contribution in [1.29, 1.82) is 0 Å². The van der Waals surface area contributed by atoms with Crippen LogP contribution in [0.1, 0.15) is 30.9 Å². The number of rotatable bonds is 5. The standard InChI is InChI=1S/C21H23BrFNO2S/c1-14-7-9-24(10-8-14)21(27)16-11-17(22)20(19(12-16)25-2)26-13-15-5-3-4-6-18(15)23/h3-6,11-12,14H,7-10,13H2,1-2H3. The van der Waals surface area contributed by atoms with Crippen molar-refractivity contribution in [1.82, 2.24) is 4.90 Å². The summed E-state index contributed by atoms with van der Waals surface area (Å²) in [5, 5.41) is 0. The van der Waals surface area contributed by atoms with Gasteiger partial charge in [0.25, 0.3) is 0 Å². The molecule has 0 atom stereocenters. The molecule has 1 heterocycles. The lowest BCUT2D eigenvalue weighted by Gasteiger charge is -2.32. The van der Waals surface area contributed by atoms with Gasteiger partial charge in [-0.15, -0.1) is 0 Å². The van der Waals surface area contributed by atoms with Crippen LogP contribution in [-0.2, 0) is 6.61 Å². The smallest absolute Gasteiger partial charge is 0.175 e. The Morgan fingerprint density at radius 3 is 2.63 bits per heavy atom. The Morgan fingerprint density at radius 2 is 1.96 bits per heavy atom. The van der Waals surface area contributed by atoms with E-state index < -0.39 is 0 Å². The lowest BCUT2D eigenvalue weighted by Crippen LogP contribution is -2.37. The van der Waals surface area contributed by atoms with Crippen LogP contribution in [0.25, 0.3) is 0 Å². The van der Waals surface area contributed by atoms with Gasteiger partial charge in [-0.05, 0) is 52.9 Å². The number of piperidine rings is 1. The van der Waals surface area contributed by atoms with E-state index in [1.165, 1.54) is 6.07 Å². The van der Waals surface area contributed by atoms with Crippen LogP contribution in [0.3, 0.4) is 0 Å². The second kappa shape index (κ2) is 9.02. The second-order valence-corrected chi connectivity index (χ2v) is 8.09. The summed E-state index contributed by atoms with van der Waals surface area (Å²) in [6, 6.07) is 10.4. The van der Waals surface area contributed by atoms with E-state index in [9.17, 15) is 4.39 Å². The van der Waals surface area contributed by atoms with Gasteiger partial charge in [0.1, 0.15) is 17.4 Å². The molecule has 27 heavy (non-hydrogen) atoms. The topological polar surface area (TPSA) is 21.7 Å².